The van der Waals surface area contributed by atoms with Crippen LogP contribution in [-0.4, -0.2) is 19.1 Å². The normalized spacial score (nSPS) is 10.8. The standard InChI is InChI=1S/C15H18N2O2S/c1-9(2)17-14(18)13-6-5-12(20-13)11-7-10(3)15(19-4)16-8-11/h5-9H,1-4H3,(H,17,18)/p+2. The number of ether oxygens (including phenoxy) is 1. The molecule has 0 aromatic carbocycles. The van der Waals surface area contributed by atoms with Gasteiger partial charge in [-0.3, -0.25) is 5.32 Å². The van der Waals surface area contributed by atoms with Gasteiger partial charge in [0.05, 0.1) is 24.3 Å². The molecule has 0 bridgehead atoms. The van der Waals surface area contributed by atoms with E-state index >= 15 is 0 Å². The zero-order valence-electron chi connectivity index (χ0n) is 12.2. The molecule has 1 amide bonds. The SMILES string of the molecule is COc1[nH+]cc(-c2ccc(C(=O)[NH2+]C(C)C)s2)cc1C. The van der Waals surface area contributed by atoms with Gasteiger partial charge in [0.15, 0.2) is 6.20 Å². The Bertz CT molecular complexity index is 620. The maximum Gasteiger partial charge on any atom is 0.368 e. The predicted molar refractivity (Wildman–Crippen MR) is 79.0 cm³/mol. The van der Waals surface area contributed by atoms with Gasteiger partial charge in [-0.1, -0.05) is 0 Å². The fourth-order valence-electron chi connectivity index (χ4n) is 1.97. The fraction of sp³-hybridized carbons (Fsp3) is 0.333. The van der Waals surface area contributed by atoms with Crippen molar-refractivity contribution in [2.24, 2.45) is 0 Å². The number of aromatic nitrogens is 1. The predicted octanol–water partition coefficient (Wildman–Crippen LogP) is 1.66. The molecule has 2 aromatic rings. The van der Waals surface area contributed by atoms with Crippen molar-refractivity contribution in [2.75, 3.05) is 7.11 Å². The molecule has 106 valence electrons. The molecule has 2 rings (SSSR count). The van der Waals surface area contributed by atoms with E-state index in [1.165, 1.54) is 11.3 Å². The van der Waals surface area contributed by atoms with E-state index in [0.29, 0.717) is 0 Å². The number of nitrogens with one attached hydrogen (secondary N) is 1. The zero-order chi connectivity index (χ0) is 14.7. The van der Waals surface area contributed by atoms with Crippen molar-refractivity contribution >= 4 is 17.2 Å². The summed E-state index contributed by atoms with van der Waals surface area (Å²) in [4.78, 5) is 17.0. The van der Waals surface area contributed by atoms with Crippen LogP contribution in [0, 0.1) is 6.92 Å². The van der Waals surface area contributed by atoms with Crippen LogP contribution in [0.15, 0.2) is 24.4 Å². The number of hydrogen-bond acceptors (Lipinski definition) is 3. The van der Waals surface area contributed by atoms with Gasteiger partial charge < -0.3 is 4.74 Å². The highest BCUT2D eigenvalue weighted by Gasteiger charge is 2.17. The number of aromatic amines is 1. The molecule has 0 aliphatic heterocycles. The highest BCUT2D eigenvalue weighted by Crippen LogP contribution is 2.28. The van der Waals surface area contributed by atoms with Crippen molar-refractivity contribution in [3.8, 4) is 16.3 Å². The second-order valence-corrected chi connectivity index (χ2v) is 6.13. The monoisotopic (exact) mass is 292 g/mol. The van der Waals surface area contributed by atoms with Crippen LogP contribution >= 0.6 is 11.3 Å². The summed E-state index contributed by atoms with van der Waals surface area (Å²) in [6.45, 7) is 6.01. The molecular formula is C15H20N2O2S+2. The quantitative estimate of drug-likeness (QED) is 0.931. The number of amides is 1. The van der Waals surface area contributed by atoms with Gasteiger partial charge in [0.2, 0.25) is 0 Å². The molecule has 0 aliphatic rings. The number of quaternary nitrogens is 1. The van der Waals surface area contributed by atoms with Crippen molar-refractivity contribution in [2.45, 2.75) is 26.8 Å². The molecule has 0 saturated carbocycles. The highest BCUT2D eigenvalue weighted by molar-refractivity contribution is 7.17. The number of H-pyrrole nitrogens is 1. The van der Waals surface area contributed by atoms with Gasteiger partial charge in [0.1, 0.15) is 4.88 Å². The molecule has 0 fully saturated rings. The molecule has 2 heterocycles. The topological polar surface area (TPSA) is 57.0 Å². The van der Waals surface area contributed by atoms with E-state index in [0.717, 1.165) is 26.8 Å². The fourth-order valence-corrected chi connectivity index (χ4v) is 2.88. The Hall–Kier alpha value is -1.72. The largest absolute Gasteiger partial charge is 0.448 e. The van der Waals surface area contributed by atoms with Crippen LogP contribution in [0.1, 0.15) is 29.1 Å². The number of carbonyl (C=O) groups excluding carboxylic acids is 1. The van der Waals surface area contributed by atoms with E-state index in [-0.39, 0.29) is 11.9 Å². The molecule has 2 aromatic heterocycles. The number of methoxy groups -OCH3 is 1. The molecule has 0 aliphatic carbocycles. The Morgan fingerprint density at radius 2 is 2.15 bits per heavy atom. The van der Waals surface area contributed by atoms with Crippen molar-refractivity contribution < 1.29 is 19.8 Å². The molecule has 0 saturated heterocycles. The number of hydrogen-bond donors (Lipinski definition) is 1. The number of carbonyl (C=O) groups is 1. The Labute approximate surface area is 122 Å². The molecule has 20 heavy (non-hydrogen) atoms. The van der Waals surface area contributed by atoms with Gasteiger partial charge in [-0.05, 0) is 39.0 Å². The number of pyridine rings is 1. The van der Waals surface area contributed by atoms with E-state index in [2.05, 4.69) is 11.1 Å². The van der Waals surface area contributed by atoms with E-state index < -0.39 is 0 Å². The Morgan fingerprint density at radius 3 is 2.75 bits per heavy atom. The molecule has 5 heteroatoms. The average molecular weight is 292 g/mol. The Kier molecular flexibility index (Phi) is 4.52. The lowest BCUT2D eigenvalue weighted by Gasteiger charge is -2.00. The smallest absolute Gasteiger partial charge is 0.368 e. The van der Waals surface area contributed by atoms with Gasteiger partial charge in [-0.2, -0.15) is 4.98 Å². The minimum Gasteiger partial charge on any atom is -0.448 e. The van der Waals surface area contributed by atoms with Crippen molar-refractivity contribution in [1.29, 1.82) is 0 Å². The summed E-state index contributed by atoms with van der Waals surface area (Å²) in [5.74, 6) is 0.861. The van der Waals surface area contributed by atoms with Crippen LogP contribution < -0.4 is 15.0 Å². The third-order valence-corrected chi connectivity index (χ3v) is 4.06. The first-order chi connectivity index (χ1) is 9.51. The molecular weight excluding hydrogens is 272 g/mol. The number of aryl methyl sites for hydroxylation is 1. The van der Waals surface area contributed by atoms with Gasteiger partial charge in [0, 0.05) is 4.88 Å². The molecule has 0 radical (unpaired) electrons. The molecule has 4 nitrogen and oxygen atoms in total. The van der Waals surface area contributed by atoms with E-state index in [1.807, 2.05) is 39.1 Å². The summed E-state index contributed by atoms with van der Waals surface area (Å²) in [6.07, 6.45) is 1.90. The molecule has 0 spiro atoms. The van der Waals surface area contributed by atoms with Crippen LogP contribution in [0.25, 0.3) is 10.4 Å². The van der Waals surface area contributed by atoms with Crippen LogP contribution in [0.4, 0.5) is 0 Å². The van der Waals surface area contributed by atoms with Crippen molar-refractivity contribution in [3.05, 3.63) is 34.8 Å². The summed E-state index contributed by atoms with van der Waals surface area (Å²) < 4.78 is 5.21. The van der Waals surface area contributed by atoms with Gasteiger partial charge >= 0.3 is 11.8 Å². The summed E-state index contributed by atoms with van der Waals surface area (Å²) in [6, 6.07) is 6.20. The van der Waals surface area contributed by atoms with E-state index in [4.69, 9.17) is 4.74 Å². The summed E-state index contributed by atoms with van der Waals surface area (Å²) in [7, 11) is 1.64. The van der Waals surface area contributed by atoms with Gasteiger partial charge in [0.25, 0.3) is 0 Å². The Morgan fingerprint density at radius 1 is 1.40 bits per heavy atom. The van der Waals surface area contributed by atoms with Crippen LogP contribution in [0.2, 0.25) is 0 Å². The first-order valence-electron chi connectivity index (χ1n) is 6.57. The third kappa shape index (κ3) is 3.23. The van der Waals surface area contributed by atoms with Crippen LogP contribution in [0.5, 0.6) is 5.88 Å². The van der Waals surface area contributed by atoms with Gasteiger partial charge in [-0.25, -0.2) is 4.79 Å². The lowest BCUT2D eigenvalue weighted by molar-refractivity contribution is -0.586. The molecule has 3 N–H and O–H groups in total. The van der Waals surface area contributed by atoms with Gasteiger partial charge in [-0.15, -0.1) is 11.3 Å². The van der Waals surface area contributed by atoms with E-state index in [1.54, 1.807) is 12.4 Å². The first-order valence-corrected chi connectivity index (χ1v) is 7.38. The summed E-state index contributed by atoms with van der Waals surface area (Å²) in [5.41, 5.74) is 2.11. The number of rotatable bonds is 4. The van der Waals surface area contributed by atoms with E-state index in [9.17, 15) is 4.79 Å². The number of thiophene rings is 1. The average Bonchev–Trinajstić information content (AvgIpc) is 2.87. The number of primary amides is 1. The summed E-state index contributed by atoms with van der Waals surface area (Å²) >= 11 is 1.52. The maximum atomic E-state index is 12.0. The lowest BCUT2D eigenvalue weighted by Crippen LogP contribution is -2.91. The second kappa shape index (κ2) is 6.15. The van der Waals surface area contributed by atoms with Crippen molar-refractivity contribution in [3.63, 3.8) is 0 Å². The molecule has 0 atom stereocenters. The lowest BCUT2D eigenvalue weighted by atomic mass is 10.2. The van der Waals surface area contributed by atoms with Crippen LogP contribution in [-0.2, 0) is 0 Å². The third-order valence-electron chi connectivity index (χ3n) is 2.91. The highest BCUT2D eigenvalue weighted by atomic mass is 32.1. The maximum absolute atomic E-state index is 12.0. The molecule has 0 unspecified atom stereocenters. The second-order valence-electron chi connectivity index (χ2n) is 5.04. The zero-order valence-corrected chi connectivity index (χ0v) is 13.0. The summed E-state index contributed by atoms with van der Waals surface area (Å²) in [5, 5.41) is 1.75. The number of nitrogens with two attached hydrogens (primary N) is 1. The Balaban J connectivity index is 2.24. The first kappa shape index (κ1) is 14.7. The minimum absolute atomic E-state index is 0.102. The van der Waals surface area contributed by atoms with Crippen LogP contribution in [0.3, 0.4) is 0 Å². The minimum atomic E-state index is 0.102. The van der Waals surface area contributed by atoms with Crippen molar-refractivity contribution in [1.82, 2.24) is 0 Å².